The lowest BCUT2D eigenvalue weighted by atomic mass is 10.2. The number of fused-ring (bicyclic) bond motifs is 1. The number of nitrogens with zero attached hydrogens (tertiary/aromatic N) is 2. The normalized spacial score (nSPS) is 12.6. The number of aromatic nitrogens is 2. The summed E-state index contributed by atoms with van der Waals surface area (Å²) in [5.74, 6) is 0.0166. The molecule has 0 fully saturated rings. The topological polar surface area (TPSA) is 105 Å². The maximum Gasteiger partial charge on any atom is 0.348 e. The van der Waals surface area contributed by atoms with Gasteiger partial charge in [-0.15, -0.1) is 11.3 Å². The van der Waals surface area contributed by atoms with Crippen molar-refractivity contribution in [2.24, 2.45) is 0 Å². The van der Waals surface area contributed by atoms with Crippen LogP contribution >= 0.6 is 11.3 Å². The summed E-state index contributed by atoms with van der Waals surface area (Å²) in [4.78, 5) is 35.6. The van der Waals surface area contributed by atoms with Gasteiger partial charge in [-0.05, 0) is 31.9 Å². The number of carbonyl (C=O) groups excluding carboxylic acids is 1. The van der Waals surface area contributed by atoms with E-state index < -0.39 is 12.1 Å². The second-order valence-electron chi connectivity index (χ2n) is 7.97. The fraction of sp³-hybridized carbons (Fsp3) is 0.435. The summed E-state index contributed by atoms with van der Waals surface area (Å²) in [6.45, 7) is 6.74. The number of H-pyrrole nitrogens is 1. The van der Waals surface area contributed by atoms with Crippen molar-refractivity contribution in [2.75, 3.05) is 20.3 Å². The molecule has 32 heavy (non-hydrogen) atoms. The lowest BCUT2D eigenvalue weighted by Gasteiger charge is -2.24. The number of nitrogens with one attached hydrogen (secondary N) is 1. The van der Waals surface area contributed by atoms with Gasteiger partial charge in [-0.25, -0.2) is 9.78 Å². The molecule has 3 rings (SSSR count). The highest BCUT2D eigenvalue weighted by Gasteiger charge is 2.22. The van der Waals surface area contributed by atoms with Crippen molar-refractivity contribution in [3.63, 3.8) is 0 Å². The maximum atomic E-state index is 12.8. The van der Waals surface area contributed by atoms with Crippen LogP contribution in [-0.2, 0) is 22.6 Å². The molecular formula is C23H29N3O5S. The van der Waals surface area contributed by atoms with Crippen LogP contribution in [0.1, 0.15) is 40.5 Å². The second-order valence-corrected chi connectivity index (χ2v) is 8.97. The van der Waals surface area contributed by atoms with E-state index >= 15 is 0 Å². The molecular weight excluding hydrogens is 430 g/mol. The van der Waals surface area contributed by atoms with Crippen molar-refractivity contribution in [3.05, 3.63) is 62.5 Å². The Hall–Kier alpha value is -2.59. The first-order valence-corrected chi connectivity index (χ1v) is 11.3. The number of aryl methyl sites for hydroxylation is 1. The lowest BCUT2D eigenvalue weighted by molar-refractivity contribution is 0.0332. The SMILES string of the molecule is COCC(O)CN(Cc1ccccc1)Cc1nc2sc(C(=O)OC(C)C)c(C)c2c(=O)[nH]1. The molecule has 0 bridgehead atoms. The van der Waals surface area contributed by atoms with E-state index in [1.165, 1.54) is 0 Å². The number of thiophene rings is 1. The number of benzene rings is 1. The summed E-state index contributed by atoms with van der Waals surface area (Å²) in [5, 5.41) is 10.7. The molecule has 9 heteroatoms. The van der Waals surface area contributed by atoms with E-state index in [4.69, 9.17) is 9.47 Å². The van der Waals surface area contributed by atoms with E-state index in [1.54, 1.807) is 27.9 Å². The molecule has 1 aromatic carbocycles. The molecule has 8 nitrogen and oxygen atoms in total. The number of hydrogen-bond acceptors (Lipinski definition) is 8. The van der Waals surface area contributed by atoms with Gasteiger partial charge in [0.1, 0.15) is 15.5 Å². The van der Waals surface area contributed by atoms with E-state index in [0.29, 0.717) is 46.1 Å². The number of ether oxygens (including phenoxy) is 2. The van der Waals surface area contributed by atoms with Gasteiger partial charge in [-0.3, -0.25) is 9.69 Å². The van der Waals surface area contributed by atoms with Crippen molar-refractivity contribution < 1.29 is 19.4 Å². The van der Waals surface area contributed by atoms with Gasteiger partial charge in [-0.1, -0.05) is 30.3 Å². The minimum absolute atomic E-state index is 0.208. The first-order valence-electron chi connectivity index (χ1n) is 10.4. The van der Waals surface area contributed by atoms with Gasteiger partial charge in [0.2, 0.25) is 0 Å². The smallest absolute Gasteiger partial charge is 0.348 e. The van der Waals surface area contributed by atoms with Crippen LogP contribution in [0.2, 0.25) is 0 Å². The van der Waals surface area contributed by atoms with E-state index in [-0.39, 0.29) is 18.3 Å². The first-order chi connectivity index (χ1) is 15.3. The molecule has 3 aromatic rings. The van der Waals surface area contributed by atoms with Gasteiger partial charge >= 0.3 is 5.97 Å². The Labute approximate surface area is 190 Å². The fourth-order valence-electron chi connectivity index (χ4n) is 3.51. The predicted molar refractivity (Wildman–Crippen MR) is 124 cm³/mol. The van der Waals surface area contributed by atoms with Gasteiger partial charge in [0.15, 0.2) is 0 Å². The van der Waals surface area contributed by atoms with Crippen LogP contribution in [-0.4, -0.2) is 58.4 Å². The molecule has 0 saturated heterocycles. The molecule has 0 saturated carbocycles. The molecule has 2 heterocycles. The van der Waals surface area contributed by atoms with Gasteiger partial charge in [0.05, 0.1) is 30.7 Å². The molecule has 0 aliphatic rings. The van der Waals surface area contributed by atoms with Crippen molar-refractivity contribution in [3.8, 4) is 0 Å². The Morgan fingerprint density at radius 2 is 1.97 bits per heavy atom. The fourth-order valence-corrected chi connectivity index (χ4v) is 4.59. The molecule has 0 spiro atoms. The van der Waals surface area contributed by atoms with Gasteiger partial charge in [-0.2, -0.15) is 0 Å². The average Bonchev–Trinajstić information content (AvgIpc) is 3.05. The highest BCUT2D eigenvalue weighted by atomic mass is 32.1. The van der Waals surface area contributed by atoms with Crippen molar-refractivity contribution in [1.29, 1.82) is 0 Å². The molecule has 1 unspecified atom stereocenters. The molecule has 0 radical (unpaired) electrons. The molecule has 0 amide bonds. The van der Waals surface area contributed by atoms with Crippen molar-refractivity contribution >= 4 is 27.5 Å². The number of hydrogen-bond donors (Lipinski definition) is 2. The van der Waals surface area contributed by atoms with Crippen molar-refractivity contribution in [1.82, 2.24) is 14.9 Å². The van der Waals surface area contributed by atoms with Crippen LogP contribution < -0.4 is 5.56 Å². The summed E-state index contributed by atoms with van der Waals surface area (Å²) in [7, 11) is 1.54. The molecule has 0 aliphatic heterocycles. The van der Waals surface area contributed by atoms with Crippen LogP contribution in [0.25, 0.3) is 10.2 Å². The third-order valence-corrected chi connectivity index (χ3v) is 5.99. The third-order valence-electron chi connectivity index (χ3n) is 4.83. The van der Waals surface area contributed by atoms with Crippen molar-refractivity contribution in [2.45, 2.75) is 46.1 Å². The Morgan fingerprint density at radius 3 is 2.62 bits per heavy atom. The maximum absolute atomic E-state index is 12.8. The lowest BCUT2D eigenvalue weighted by Crippen LogP contribution is -2.35. The second kappa shape index (κ2) is 10.8. The summed E-state index contributed by atoms with van der Waals surface area (Å²) in [6, 6.07) is 9.87. The van der Waals surface area contributed by atoms with Gasteiger partial charge < -0.3 is 19.6 Å². The monoisotopic (exact) mass is 459 g/mol. The van der Waals surface area contributed by atoms with Gasteiger partial charge in [0, 0.05) is 20.2 Å². The van der Waals surface area contributed by atoms with Crippen LogP contribution in [0.3, 0.4) is 0 Å². The zero-order valence-corrected chi connectivity index (χ0v) is 19.6. The third kappa shape index (κ3) is 6.01. The highest BCUT2D eigenvalue weighted by Crippen LogP contribution is 2.28. The Balaban J connectivity index is 1.89. The molecule has 2 aromatic heterocycles. The Bertz CT molecular complexity index is 1110. The minimum atomic E-state index is -0.680. The van der Waals surface area contributed by atoms with Crippen LogP contribution in [0, 0.1) is 6.92 Å². The number of methoxy groups -OCH3 is 1. The quantitative estimate of drug-likeness (QED) is 0.449. The zero-order valence-electron chi connectivity index (χ0n) is 18.8. The summed E-state index contributed by atoms with van der Waals surface area (Å²) in [6.07, 6.45) is -0.931. The minimum Gasteiger partial charge on any atom is -0.459 e. The standard InChI is InChI=1S/C23H29N3O5S/c1-14(2)31-23(29)20-15(3)19-21(28)24-18(25-22(19)32-20)12-26(11-17(27)13-30-4)10-16-8-6-5-7-9-16/h5-9,14,17,27H,10-13H2,1-4H3,(H,24,25,28). The number of aliphatic hydroxyl groups is 1. The highest BCUT2D eigenvalue weighted by molar-refractivity contribution is 7.20. The largest absolute Gasteiger partial charge is 0.459 e. The number of esters is 1. The predicted octanol–water partition coefficient (Wildman–Crippen LogP) is 2.87. The number of carbonyl (C=O) groups is 1. The van der Waals surface area contributed by atoms with Gasteiger partial charge in [0.25, 0.3) is 5.56 Å². The summed E-state index contributed by atoms with van der Waals surface area (Å²) in [5.41, 5.74) is 1.36. The van der Waals surface area contributed by atoms with E-state index in [9.17, 15) is 14.7 Å². The molecule has 0 aliphatic carbocycles. The summed E-state index contributed by atoms with van der Waals surface area (Å²) >= 11 is 1.16. The van der Waals surface area contributed by atoms with E-state index in [1.807, 2.05) is 35.2 Å². The van der Waals surface area contributed by atoms with Crippen LogP contribution in [0.4, 0.5) is 0 Å². The Morgan fingerprint density at radius 1 is 1.25 bits per heavy atom. The summed E-state index contributed by atoms with van der Waals surface area (Å²) < 4.78 is 10.4. The van der Waals surface area contributed by atoms with Crippen LogP contribution in [0.5, 0.6) is 0 Å². The number of rotatable bonds is 10. The molecule has 2 N–H and O–H groups in total. The number of aliphatic hydroxyl groups excluding tert-OH is 1. The molecule has 172 valence electrons. The number of aromatic amines is 1. The van der Waals surface area contributed by atoms with E-state index in [2.05, 4.69) is 9.97 Å². The zero-order chi connectivity index (χ0) is 23.3. The Kier molecular flexibility index (Phi) is 8.14. The first kappa shape index (κ1) is 24.1. The van der Waals surface area contributed by atoms with Crippen LogP contribution in [0.15, 0.2) is 35.1 Å². The molecule has 1 atom stereocenters. The van der Waals surface area contributed by atoms with E-state index in [0.717, 1.165) is 16.9 Å². The average molecular weight is 460 g/mol.